The lowest BCUT2D eigenvalue weighted by atomic mass is 10.1. The second kappa shape index (κ2) is 6.53. The van der Waals surface area contributed by atoms with Crippen molar-refractivity contribution in [3.05, 3.63) is 35.9 Å². The number of hydrogen-bond donors (Lipinski definition) is 3. The van der Waals surface area contributed by atoms with Gasteiger partial charge in [0.25, 0.3) is 0 Å². The fourth-order valence-corrected chi connectivity index (χ4v) is 1.57. The Hall–Kier alpha value is -2.37. The summed E-state index contributed by atoms with van der Waals surface area (Å²) in [6.07, 6.45) is 0. The molecule has 0 heterocycles. The van der Waals surface area contributed by atoms with E-state index in [1.165, 1.54) is 13.8 Å². The number of carbonyl (C=O) groups excluding carboxylic acids is 2. The average molecular weight is 264 g/mol. The van der Waals surface area contributed by atoms with Crippen LogP contribution in [-0.2, 0) is 14.4 Å². The summed E-state index contributed by atoms with van der Waals surface area (Å²) in [5.41, 5.74) is 0.471. The second-order valence-electron chi connectivity index (χ2n) is 4.11. The zero-order chi connectivity index (χ0) is 14.4. The molecule has 0 bridgehead atoms. The molecule has 6 heteroatoms. The van der Waals surface area contributed by atoms with Gasteiger partial charge in [-0.25, -0.2) is 4.79 Å². The normalized spacial score (nSPS) is 13.2. The van der Waals surface area contributed by atoms with E-state index < -0.39 is 24.0 Å². The lowest BCUT2D eigenvalue weighted by Gasteiger charge is -2.18. The average Bonchev–Trinajstić information content (AvgIpc) is 2.35. The van der Waals surface area contributed by atoms with Gasteiger partial charge in [0.2, 0.25) is 11.8 Å². The van der Waals surface area contributed by atoms with Crippen LogP contribution in [0, 0.1) is 0 Å². The van der Waals surface area contributed by atoms with Gasteiger partial charge in [0.05, 0.1) is 0 Å². The zero-order valence-corrected chi connectivity index (χ0v) is 10.7. The molecule has 1 aromatic carbocycles. The van der Waals surface area contributed by atoms with E-state index in [4.69, 9.17) is 5.11 Å². The third kappa shape index (κ3) is 4.42. The van der Waals surface area contributed by atoms with Crippen molar-refractivity contribution >= 4 is 17.8 Å². The molecule has 0 aliphatic rings. The molecule has 102 valence electrons. The van der Waals surface area contributed by atoms with Gasteiger partial charge in [0.15, 0.2) is 6.04 Å². The van der Waals surface area contributed by atoms with Gasteiger partial charge in [-0.1, -0.05) is 30.3 Å². The standard InChI is InChI=1S/C13H16N2O4/c1-8(14-9(2)16)12(17)15-11(13(18)19)10-6-4-3-5-7-10/h3-8,11H,1-2H3,(H,14,16)(H,15,17)(H,18,19)/t8?,11-/m1/s1. The Morgan fingerprint density at radius 2 is 1.68 bits per heavy atom. The van der Waals surface area contributed by atoms with Gasteiger partial charge in [0.1, 0.15) is 6.04 Å². The SMILES string of the molecule is CC(=O)NC(C)C(=O)N[C@@H](C(=O)O)c1ccccc1. The van der Waals surface area contributed by atoms with E-state index in [1.807, 2.05) is 0 Å². The van der Waals surface area contributed by atoms with Crippen molar-refractivity contribution in [1.29, 1.82) is 0 Å². The van der Waals surface area contributed by atoms with Crippen molar-refractivity contribution in [2.24, 2.45) is 0 Å². The van der Waals surface area contributed by atoms with E-state index in [0.29, 0.717) is 5.56 Å². The summed E-state index contributed by atoms with van der Waals surface area (Å²) in [5, 5.41) is 13.9. The first-order chi connectivity index (χ1) is 8.91. The van der Waals surface area contributed by atoms with Crippen LogP contribution in [0.4, 0.5) is 0 Å². The van der Waals surface area contributed by atoms with Crippen LogP contribution >= 0.6 is 0 Å². The molecule has 6 nitrogen and oxygen atoms in total. The van der Waals surface area contributed by atoms with Crippen LogP contribution in [0.15, 0.2) is 30.3 Å². The fourth-order valence-electron chi connectivity index (χ4n) is 1.57. The first-order valence-corrected chi connectivity index (χ1v) is 5.77. The quantitative estimate of drug-likeness (QED) is 0.719. The van der Waals surface area contributed by atoms with Crippen LogP contribution in [0.1, 0.15) is 25.5 Å². The fraction of sp³-hybridized carbons (Fsp3) is 0.308. The molecule has 0 aromatic heterocycles. The number of carboxylic acid groups (broad SMARTS) is 1. The van der Waals surface area contributed by atoms with E-state index in [-0.39, 0.29) is 5.91 Å². The molecule has 0 radical (unpaired) electrons. The van der Waals surface area contributed by atoms with E-state index in [1.54, 1.807) is 30.3 Å². The largest absolute Gasteiger partial charge is 0.479 e. The molecule has 0 spiro atoms. The van der Waals surface area contributed by atoms with Gasteiger partial charge in [-0.2, -0.15) is 0 Å². The predicted octanol–water partition coefficient (Wildman–Crippen LogP) is 0.453. The number of carbonyl (C=O) groups is 3. The highest BCUT2D eigenvalue weighted by Crippen LogP contribution is 2.12. The number of rotatable bonds is 5. The molecule has 2 amide bonds. The van der Waals surface area contributed by atoms with E-state index in [9.17, 15) is 14.4 Å². The molecule has 0 saturated carbocycles. The second-order valence-corrected chi connectivity index (χ2v) is 4.11. The van der Waals surface area contributed by atoms with Crippen LogP contribution in [0.3, 0.4) is 0 Å². The molecule has 19 heavy (non-hydrogen) atoms. The zero-order valence-electron chi connectivity index (χ0n) is 10.7. The van der Waals surface area contributed by atoms with Crippen molar-refractivity contribution in [2.45, 2.75) is 25.9 Å². The van der Waals surface area contributed by atoms with Crippen LogP contribution < -0.4 is 10.6 Å². The number of hydrogen-bond acceptors (Lipinski definition) is 3. The molecular formula is C13H16N2O4. The van der Waals surface area contributed by atoms with Crippen LogP contribution in [-0.4, -0.2) is 28.9 Å². The van der Waals surface area contributed by atoms with Gasteiger partial charge in [-0.3, -0.25) is 9.59 Å². The summed E-state index contributed by atoms with van der Waals surface area (Å²) in [6, 6.07) is 6.44. The van der Waals surface area contributed by atoms with Crippen molar-refractivity contribution in [2.75, 3.05) is 0 Å². The number of aliphatic carboxylic acids is 1. The third-order valence-corrected chi connectivity index (χ3v) is 2.48. The van der Waals surface area contributed by atoms with Crippen molar-refractivity contribution < 1.29 is 19.5 Å². The van der Waals surface area contributed by atoms with Gasteiger partial charge in [-0.05, 0) is 12.5 Å². The molecule has 0 fully saturated rings. The minimum absolute atomic E-state index is 0.353. The minimum Gasteiger partial charge on any atom is -0.479 e. The maximum Gasteiger partial charge on any atom is 0.330 e. The number of nitrogens with one attached hydrogen (secondary N) is 2. The predicted molar refractivity (Wildman–Crippen MR) is 68.2 cm³/mol. The highest BCUT2D eigenvalue weighted by molar-refractivity contribution is 5.90. The molecule has 0 aliphatic carbocycles. The molecule has 3 N–H and O–H groups in total. The first kappa shape index (κ1) is 14.7. The topological polar surface area (TPSA) is 95.5 Å². The van der Waals surface area contributed by atoms with Gasteiger partial charge < -0.3 is 15.7 Å². The number of amides is 2. The summed E-state index contributed by atoms with van der Waals surface area (Å²) in [5.74, 6) is -2.06. The highest BCUT2D eigenvalue weighted by atomic mass is 16.4. The smallest absolute Gasteiger partial charge is 0.330 e. The van der Waals surface area contributed by atoms with Gasteiger partial charge in [0, 0.05) is 6.92 Å². The van der Waals surface area contributed by atoms with E-state index in [2.05, 4.69) is 10.6 Å². The summed E-state index contributed by atoms with van der Waals surface area (Å²) in [6.45, 7) is 2.77. The summed E-state index contributed by atoms with van der Waals surface area (Å²) >= 11 is 0. The molecule has 0 saturated heterocycles. The number of benzene rings is 1. The van der Waals surface area contributed by atoms with Gasteiger partial charge >= 0.3 is 5.97 Å². The van der Waals surface area contributed by atoms with Crippen LogP contribution in [0.25, 0.3) is 0 Å². The van der Waals surface area contributed by atoms with E-state index >= 15 is 0 Å². The Labute approximate surface area is 110 Å². The highest BCUT2D eigenvalue weighted by Gasteiger charge is 2.24. The Kier molecular flexibility index (Phi) is 5.05. The Balaban J connectivity index is 2.78. The molecular weight excluding hydrogens is 248 g/mol. The third-order valence-electron chi connectivity index (χ3n) is 2.48. The lowest BCUT2D eigenvalue weighted by molar-refractivity contribution is -0.142. The van der Waals surface area contributed by atoms with Crippen molar-refractivity contribution in [3.63, 3.8) is 0 Å². The summed E-state index contributed by atoms with van der Waals surface area (Å²) in [7, 11) is 0. The lowest BCUT2D eigenvalue weighted by Crippen LogP contribution is -2.46. The summed E-state index contributed by atoms with van der Waals surface area (Å²) < 4.78 is 0. The Bertz CT molecular complexity index is 473. The van der Waals surface area contributed by atoms with Crippen molar-refractivity contribution in [1.82, 2.24) is 10.6 Å². The minimum atomic E-state index is -1.16. The van der Waals surface area contributed by atoms with Gasteiger partial charge in [-0.15, -0.1) is 0 Å². The van der Waals surface area contributed by atoms with Crippen molar-refractivity contribution in [3.8, 4) is 0 Å². The Morgan fingerprint density at radius 3 is 2.16 bits per heavy atom. The van der Waals surface area contributed by atoms with Crippen LogP contribution in [0.2, 0.25) is 0 Å². The van der Waals surface area contributed by atoms with E-state index in [0.717, 1.165) is 0 Å². The first-order valence-electron chi connectivity index (χ1n) is 5.77. The molecule has 0 aliphatic heterocycles. The maximum absolute atomic E-state index is 11.8. The summed E-state index contributed by atoms with van der Waals surface area (Å²) in [4.78, 5) is 33.8. The molecule has 2 atom stereocenters. The maximum atomic E-state index is 11.8. The molecule has 1 aromatic rings. The Morgan fingerprint density at radius 1 is 1.11 bits per heavy atom. The molecule has 1 unspecified atom stereocenters. The monoisotopic (exact) mass is 264 g/mol. The number of carboxylic acids is 1. The van der Waals surface area contributed by atoms with Crippen LogP contribution in [0.5, 0.6) is 0 Å². The molecule has 1 rings (SSSR count).